The molecule has 0 aromatic heterocycles. The SMILES string of the molecule is CC1(C)CC(C(N)=O)CC(C)(C)O1. The van der Waals surface area contributed by atoms with Crippen LogP contribution in [0.3, 0.4) is 0 Å². The van der Waals surface area contributed by atoms with Gasteiger partial charge in [0.2, 0.25) is 5.91 Å². The van der Waals surface area contributed by atoms with Crippen molar-refractivity contribution in [1.82, 2.24) is 0 Å². The van der Waals surface area contributed by atoms with E-state index in [4.69, 9.17) is 10.5 Å². The van der Waals surface area contributed by atoms with Gasteiger partial charge in [0, 0.05) is 5.92 Å². The summed E-state index contributed by atoms with van der Waals surface area (Å²) in [5.41, 5.74) is 4.85. The van der Waals surface area contributed by atoms with Crippen LogP contribution in [0.25, 0.3) is 0 Å². The third kappa shape index (κ3) is 2.69. The molecule has 1 saturated heterocycles. The Morgan fingerprint density at radius 3 is 1.92 bits per heavy atom. The van der Waals surface area contributed by atoms with Crippen molar-refractivity contribution in [2.75, 3.05) is 0 Å². The number of ether oxygens (including phenoxy) is 1. The van der Waals surface area contributed by atoms with Gasteiger partial charge in [0.1, 0.15) is 0 Å². The molecule has 0 aliphatic carbocycles. The predicted octanol–water partition coefficient (Wildman–Crippen LogP) is 1.46. The Morgan fingerprint density at radius 2 is 1.62 bits per heavy atom. The third-order valence-corrected chi connectivity index (χ3v) is 2.43. The standard InChI is InChI=1S/C10H19NO2/c1-9(2)5-7(8(11)12)6-10(3,4)13-9/h7H,5-6H2,1-4H3,(H2,11,12). The van der Waals surface area contributed by atoms with Crippen molar-refractivity contribution in [2.24, 2.45) is 11.7 Å². The van der Waals surface area contributed by atoms with E-state index in [1.807, 2.05) is 27.7 Å². The van der Waals surface area contributed by atoms with E-state index in [-0.39, 0.29) is 23.0 Å². The first-order chi connectivity index (χ1) is 5.72. The average molecular weight is 185 g/mol. The maximum atomic E-state index is 11.1. The first-order valence-corrected chi connectivity index (χ1v) is 4.71. The van der Waals surface area contributed by atoms with E-state index in [2.05, 4.69) is 0 Å². The van der Waals surface area contributed by atoms with Crippen molar-refractivity contribution in [2.45, 2.75) is 51.7 Å². The van der Waals surface area contributed by atoms with Crippen LogP contribution < -0.4 is 5.73 Å². The minimum atomic E-state index is -0.235. The van der Waals surface area contributed by atoms with E-state index in [0.29, 0.717) is 0 Å². The average Bonchev–Trinajstić information content (AvgIpc) is 1.79. The Morgan fingerprint density at radius 1 is 1.23 bits per heavy atom. The van der Waals surface area contributed by atoms with Crippen molar-refractivity contribution in [3.05, 3.63) is 0 Å². The van der Waals surface area contributed by atoms with E-state index >= 15 is 0 Å². The normalized spacial score (nSPS) is 27.1. The monoisotopic (exact) mass is 185 g/mol. The van der Waals surface area contributed by atoms with Crippen LogP contribution in [-0.4, -0.2) is 17.1 Å². The van der Waals surface area contributed by atoms with Crippen molar-refractivity contribution >= 4 is 5.91 Å². The summed E-state index contributed by atoms with van der Waals surface area (Å²) in [5, 5.41) is 0. The van der Waals surface area contributed by atoms with Crippen molar-refractivity contribution in [3.8, 4) is 0 Å². The molecule has 1 fully saturated rings. The summed E-state index contributed by atoms with van der Waals surface area (Å²) in [6.07, 6.45) is 1.46. The maximum Gasteiger partial charge on any atom is 0.220 e. The van der Waals surface area contributed by atoms with Crippen LogP contribution in [0.15, 0.2) is 0 Å². The van der Waals surface area contributed by atoms with E-state index in [9.17, 15) is 4.79 Å². The van der Waals surface area contributed by atoms with Crippen LogP contribution in [0.1, 0.15) is 40.5 Å². The molecule has 0 saturated carbocycles. The Labute approximate surface area is 79.6 Å². The van der Waals surface area contributed by atoms with Gasteiger partial charge in [-0.1, -0.05) is 0 Å². The second kappa shape index (κ2) is 2.98. The molecule has 1 heterocycles. The number of carbonyl (C=O) groups is 1. The van der Waals surface area contributed by atoms with Crippen molar-refractivity contribution in [3.63, 3.8) is 0 Å². The fourth-order valence-corrected chi connectivity index (χ4v) is 2.29. The van der Waals surface area contributed by atoms with Gasteiger partial charge in [0.05, 0.1) is 11.2 Å². The van der Waals surface area contributed by atoms with Crippen molar-refractivity contribution < 1.29 is 9.53 Å². The minimum absolute atomic E-state index is 0.0428. The molecular formula is C10H19NO2. The molecule has 1 amide bonds. The highest BCUT2D eigenvalue weighted by Gasteiger charge is 2.41. The summed E-state index contributed by atoms with van der Waals surface area (Å²) in [4.78, 5) is 11.1. The molecule has 0 atom stereocenters. The lowest BCUT2D eigenvalue weighted by Gasteiger charge is -2.44. The largest absolute Gasteiger partial charge is 0.370 e. The third-order valence-electron chi connectivity index (χ3n) is 2.43. The molecule has 13 heavy (non-hydrogen) atoms. The number of hydrogen-bond donors (Lipinski definition) is 1. The highest BCUT2D eigenvalue weighted by atomic mass is 16.5. The van der Waals surface area contributed by atoms with Gasteiger partial charge in [-0.25, -0.2) is 0 Å². The molecule has 2 N–H and O–H groups in total. The van der Waals surface area contributed by atoms with Gasteiger partial charge < -0.3 is 10.5 Å². The number of carbonyl (C=O) groups excluding carboxylic acids is 1. The predicted molar refractivity (Wildman–Crippen MR) is 51.2 cm³/mol. The number of amides is 1. The Balaban J connectivity index is 2.78. The van der Waals surface area contributed by atoms with Gasteiger partial charge in [-0.2, -0.15) is 0 Å². The zero-order valence-electron chi connectivity index (χ0n) is 8.89. The lowest BCUT2D eigenvalue weighted by atomic mass is 9.80. The number of rotatable bonds is 1. The first-order valence-electron chi connectivity index (χ1n) is 4.71. The van der Waals surface area contributed by atoms with Crippen LogP contribution >= 0.6 is 0 Å². The van der Waals surface area contributed by atoms with Crippen molar-refractivity contribution in [1.29, 1.82) is 0 Å². The molecule has 1 aliphatic heterocycles. The molecule has 0 aromatic carbocycles. The lowest BCUT2D eigenvalue weighted by molar-refractivity contribution is -0.177. The topological polar surface area (TPSA) is 52.3 Å². The number of nitrogens with two attached hydrogens (primary N) is 1. The van der Waals surface area contributed by atoms with Gasteiger partial charge >= 0.3 is 0 Å². The highest BCUT2D eigenvalue weighted by molar-refractivity contribution is 5.77. The van der Waals surface area contributed by atoms with Crippen LogP contribution in [0.2, 0.25) is 0 Å². The highest BCUT2D eigenvalue weighted by Crippen LogP contribution is 2.37. The summed E-state index contributed by atoms with van der Waals surface area (Å²) in [5.74, 6) is -0.247. The van der Waals surface area contributed by atoms with E-state index in [0.717, 1.165) is 12.8 Å². The lowest BCUT2D eigenvalue weighted by Crippen LogP contribution is -2.48. The quantitative estimate of drug-likeness (QED) is 0.672. The fraction of sp³-hybridized carbons (Fsp3) is 0.900. The first kappa shape index (κ1) is 10.5. The van der Waals surface area contributed by atoms with E-state index < -0.39 is 0 Å². The molecule has 0 aromatic rings. The minimum Gasteiger partial charge on any atom is -0.370 e. The van der Waals surface area contributed by atoms with E-state index in [1.54, 1.807) is 0 Å². The second-order valence-electron chi connectivity index (χ2n) is 5.13. The molecule has 0 radical (unpaired) electrons. The maximum absolute atomic E-state index is 11.1. The molecule has 3 nitrogen and oxygen atoms in total. The van der Waals surface area contributed by atoms with Crippen LogP contribution in [0.4, 0.5) is 0 Å². The van der Waals surface area contributed by atoms with Gasteiger partial charge in [-0.05, 0) is 40.5 Å². The fourth-order valence-electron chi connectivity index (χ4n) is 2.29. The second-order valence-corrected chi connectivity index (χ2v) is 5.13. The molecule has 0 unspecified atom stereocenters. The summed E-state index contributed by atoms with van der Waals surface area (Å²) in [6, 6.07) is 0. The number of hydrogen-bond acceptors (Lipinski definition) is 2. The van der Waals surface area contributed by atoms with Gasteiger partial charge in [-0.15, -0.1) is 0 Å². The summed E-state index contributed by atoms with van der Waals surface area (Å²) < 4.78 is 5.83. The summed E-state index contributed by atoms with van der Waals surface area (Å²) >= 11 is 0. The van der Waals surface area contributed by atoms with Crippen LogP contribution in [-0.2, 0) is 9.53 Å². The zero-order valence-corrected chi connectivity index (χ0v) is 8.89. The number of primary amides is 1. The zero-order chi connectivity index (χ0) is 10.3. The molecule has 76 valence electrons. The van der Waals surface area contributed by atoms with Gasteiger partial charge in [0.25, 0.3) is 0 Å². The molecule has 0 bridgehead atoms. The molecule has 0 spiro atoms. The Bertz CT molecular complexity index is 205. The van der Waals surface area contributed by atoms with Crippen LogP contribution in [0, 0.1) is 5.92 Å². The van der Waals surface area contributed by atoms with Crippen LogP contribution in [0.5, 0.6) is 0 Å². The smallest absolute Gasteiger partial charge is 0.220 e. The van der Waals surface area contributed by atoms with Gasteiger partial charge in [0.15, 0.2) is 0 Å². The summed E-state index contributed by atoms with van der Waals surface area (Å²) in [6.45, 7) is 8.02. The Hall–Kier alpha value is -0.570. The summed E-state index contributed by atoms with van der Waals surface area (Å²) in [7, 11) is 0. The molecule has 1 rings (SSSR count). The molecular weight excluding hydrogens is 166 g/mol. The Kier molecular flexibility index (Phi) is 2.41. The van der Waals surface area contributed by atoms with Gasteiger partial charge in [-0.3, -0.25) is 4.79 Å². The van der Waals surface area contributed by atoms with E-state index in [1.165, 1.54) is 0 Å². The molecule has 3 heteroatoms. The molecule has 1 aliphatic rings.